The summed E-state index contributed by atoms with van der Waals surface area (Å²) in [7, 11) is 0. The van der Waals surface area contributed by atoms with E-state index in [4.69, 9.17) is 0 Å². The number of amides is 2. The molecular formula is C25H22N2O2. The van der Waals surface area contributed by atoms with Crippen molar-refractivity contribution in [2.75, 3.05) is 10.2 Å². The van der Waals surface area contributed by atoms with Crippen molar-refractivity contribution < 1.29 is 9.59 Å². The third kappa shape index (κ3) is 3.45. The van der Waals surface area contributed by atoms with Crippen molar-refractivity contribution in [1.82, 2.24) is 0 Å². The lowest BCUT2D eigenvalue weighted by molar-refractivity contribution is -0.120. The predicted molar refractivity (Wildman–Crippen MR) is 117 cm³/mol. The molecule has 0 saturated heterocycles. The Morgan fingerprint density at radius 1 is 0.724 bits per heavy atom. The maximum atomic E-state index is 13.3. The summed E-state index contributed by atoms with van der Waals surface area (Å²) in [5, 5.41) is 3.22. The number of benzene rings is 3. The van der Waals surface area contributed by atoms with Gasteiger partial charge in [-0.1, -0.05) is 54.1 Å². The minimum Gasteiger partial charge on any atom is -0.350 e. The summed E-state index contributed by atoms with van der Waals surface area (Å²) in [6, 6.07) is 22.6. The second-order valence-electron chi connectivity index (χ2n) is 7.32. The van der Waals surface area contributed by atoms with Crippen molar-refractivity contribution in [3.63, 3.8) is 0 Å². The molecule has 1 aliphatic rings. The van der Waals surface area contributed by atoms with Gasteiger partial charge >= 0.3 is 0 Å². The first-order valence-corrected chi connectivity index (χ1v) is 9.55. The lowest BCUT2D eigenvalue weighted by atomic mass is 10.0. The summed E-state index contributed by atoms with van der Waals surface area (Å²) >= 11 is 0. The van der Waals surface area contributed by atoms with Gasteiger partial charge in [0.05, 0.1) is 11.3 Å². The number of carbonyl (C=O) groups is 2. The monoisotopic (exact) mass is 382 g/mol. The molecular weight excluding hydrogens is 360 g/mol. The van der Waals surface area contributed by atoms with Gasteiger partial charge in [0.2, 0.25) is 0 Å². The molecule has 0 saturated carbocycles. The maximum Gasteiger partial charge on any atom is 0.282 e. The Kier molecular flexibility index (Phi) is 4.77. The van der Waals surface area contributed by atoms with Crippen LogP contribution in [-0.2, 0) is 9.59 Å². The average Bonchev–Trinajstić information content (AvgIpc) is 2.96. The number of imide groups is 1. The molecule has 4 heteroatoms. The average molecular weight is 382 g/mol. The van der Waals surface area contributed by atoms with Crippen LogP contribution in [0, 0.1) is 20.8 Å². The van der Waals surface area contributed by atoms with Crippen molar-refractivity contribution in [2.24, 2.45) is 0 Å². The van der Waals surface area contributed by atoms with E-state index in [1.54, 1.807) is 12.1 Å². The van der Waals surface area contributed by atoms with Crippen molar-refractivity contribution in [1.29, 1.82) is 0 Å². The van der Waals surface area contributed by atoms with Crippen molar-refractivity contribution >= 4 is 28.8 Å². The molecule has 0 fully saturated rings. The Morgan fingerprint density at radius 3 is 2.07 bits per heavy atom. The van der Waals surface area contributed by atoms with Gasteiger partial charge in [-0.2, -0.15) is 0 Å². The van der Waals surface area contributed by atoms with Crippen LogP contribution < -0.4 is 10.2 Å². The number of hydrogen-bond acceptors (Lipinski definition) is 3. The van der Waals surface area contributed by atoms with Crippen LogP contribution in [-0.4, -0.2) is 11.8 Å². The van der Waals surface area contributed by atoms with Gasteiger partial charge in [-0.05, 0) is 61.7 Å². The molecule has 144 valence electrons. The van der Waals surface area contributed by atoms with E-state index in [-0.39, 0.29) is 11.8 Å². The van der Waals surface area contributed by atoms with Crippen LogP contribution >= 0.6 is 0 Å². The van der Waals surface area contributed by atoms with Crippen LogP contribution in [0.3, 0.4) is 0 Å². The molecule has 0 radical (unpaired) electrons. The van der Waals surface area contributed by atoms with E-state index in [0.29, 0.717) is 22.5 Å². The molecule has 0 aromatic heterocycles. The van der Waals surface area contributed by atoms with Gasteiger partial charge in [0.15, 0.2) is 0 Å². The number of hydrogen-bond donors (Lipinski definition) is 1. The van der Waals surface area contributed by atoms with Crippen molar-refractivity contribution in [3.8, 4) is 0 Å². The molecule has 0 spiro atoms. The van der Waals surface area contributed by atoms with Crippen LogP contribution in [0.4, 0.5) is 11.4 Å². The molecule has 0 aliphatic carbocycles. The lowest BCUT2D eigenvalue weighted by Crippen LogP contribution is -2.32. The van der Waals surface area contributed by atoms with Gasteiger partial charge in [0, 0.05) is 5.69 Å². The van der Waals surface area contributed by atoms with E-state index < -0.39 is 0 Å². The number of aryl methyl sites for hydroxylation is 3. The van der Waals surface area contributed by atoms with Gasteiger partial charge in [-0.15, -0.1) is 0 Å². The molecule has 2 amide bonds. The summed E-state index contributed by atoms with van der Waals surface area (Å²) in [5.74, 6) is -0.674. The fourth-order valence-corrected chi connectivity index (χ4v) is 3.41. The first kappa shape index (κ1) is 18.7. The highest BCUT2D eigenvalue weighted by Crippen LogP contribution is 2.34. The highest BCUT2D eigenvalue weighted by Gasteiger charge is 2.40. The molecule has 4 rings (SSSR count). The molecule has 1 heterocycles. The summed E-state index contributed by atoms with van der Waals surface area (Å²) in [4.78, 5) is 27.9. The fourth-order valence-electron chi connectivity index (χ4n) is 3.41. The quantitative estimate of drug-likeness (QED) is 0.646. The van der Waals surface area contributed by atoms with Gasteiger partial charge in [0.1, 0.15) is 5.70 Å². The van der Waals surface area contributed by atoms with Crippen LogP contribution in [0.1, 0.15) is 22.3 Å². The topological polar surface area (TPSA) is 49.4 Å². The minimum atomic E-state index is -0.351. The van der Waals surface area contributed by atoms with E-state index in [9.17, 15) is 9.59 Å². The van der Waals surface area contributed by atoms with E-state index in [2.05, 4.69) is 5.32 Å². The zero-order valence-corrected chi connectivity index (χ0v) is 16.7. The first-order chi connectivity index (χ1) is 14.0. The SMILES string of the molecule is Cc1ccc(N2C(=O)C(Nc3ccc(C)c(C)c3)=C(c3ccccc3)C2=O)cc1. The second kappa shape index (κ2) is 7.40. The number of anilines is 2. The molecule has 4 nitrogen and oxygen atoms in total. The largest absolute Gasteiger partial charge is 0.350 e. The maximum absolute atomic E-state index is 13.3. The van der Waals surface area contributed by atoms with Crippen molar-refractivity contribution in [3.05, 3.63) is 101 Å². The third-order valence-corrected chi connectivity index (χ3v) is 5.21. The Bertz CT molecular complexity index is 1130. The zero-order chi connectivity index (χ0) is 20.5. The van der Waals surface area contributed by atoms with E-state index in [1.165, 1.54) is 10.5 Å². The fraction of sp³-hybridized carbons (Fsp3) is 0.120. The first-order valence-electron chi connectivity index (χ1n) is 9.55. The van der Waals surface area contributed by atoms with E-state index >= 15 is 0 Å². The normalized spacial score (nSPS) is 14.0. The molecule has 29 heavy (non-hydrogen) atoms. The van der Waals surface area contributed by atoms with Gasteiger partial charge in [-0.25, -0.2) is 4.90 Å². The predicted octanol–water partition coefficient (Wildman–Crippen LogP) is 5.01. The second-order valence-corrected chi connectivity index (χ2v) is 7.32. The molecule has 3 aromatic carbocycles. The van der Waals surface area contributed by atoms with Crippen LogP contribution in [0.2, 0.25) is 0 Å². The van der Waals surface area contributed by atoms with Crippen LogP contribution in [0.25, 0.3) is 5.57 Å². The third-order valence-electron chi connectivity index (χ3n) is 5.21. The summed E-state index contributed by atoms with van der Waals surface area (Å²) < 4.78 is 0. The van der Waals surface area contributed by atoms with E-state index in [1.807, 2.05) is 81.4 Å². The summed E-state index contributed by atoms with van der Waals surface area (Å²) in [6.07, 6.45) is 0. The van der Waals surface area contributed by atoms with Crippen molar-refractivity contribution in [2.45, 2.75) is 20.8 Å². The Labute approximate surface area is 170 Å². The Morgan fingerprint density at radius 2 is 1.41 bits per heavy atom. The van der Waals surface area contributed by atoms with Gasteiger partial charge < -0.3 is 5.32 Å². The van der Waals surface area contributed by atoms with Gasteiger partial charge in [-0.3, -0.25) is 9.59 Å². The Hall–Kier alpha value is -3.66. The minimum absolute atomic E-state index is 0.296. The molecule has 0 atom stereocenters. The van der Waals surface area contributed by atoms with E-state index in [0.717, 1.165) is 16.8 Å². The zero-order valence-electron chi connectivity index (χ0n) is 16.7. The molecule has 3 aromatic rings. The van der Waals surface area contributed by atoms with Gasteiger partial charge in [0.25, 0.3) is 11.8 Å². The number of rotatable bonds is 4. The smallest absolute Gasteiger partial charge is 0.282 e. The number of nitrogens with one attached hydrogen (secondary N) is 1. The van der Waals surface area contributed by atoms with Crippen LogP contribution in [0.5, 0.6) is 0 Å². The highest BCUT2D eigenvalue weighted by atomic mass is 16.2. The molecule has 1 aliphatic heterocycles. The Balaban J connectivity index is 1.81. The lowest BCUT2D eigenvalue weighted by Gasteiger charge is -2.16. The summed E-state index contributed by atoms with van der Waals surface area (Å²) in [6.45, 7) is 6.03. The summed E-state index contributed by atoms with van der Waals surface area (Å²) in [5.41, 5.74) is 6.09. The molecule has 1 N–H and O–H groups in total. The standard InChI is InChI=1S/C25H22N2O2/c1-16-9-13-21(14-10-16)27-24(28)22(19-7-5-4-6-8-19)23(25(27)29)26-20-12-11-17(2)18(3)15-20/h4-15,26H,1-3H3. The molecule has 0 unspecified atom stereocenters. The molecule has 0 bridgehead atoms. The van der Waals surface area contributed by atoms with Crippen LogP contribution in [0.15, 0.2) is 78.5 Å². The number of carbonyl (C=O) groups excluding carboxylic acids is 2. The number of nitrogens with zero attached hydrogens (tertiary/aromatic N) is 1. The highest BCUT2D eigenvalue weighted by molar-refractivity contribution is 6.46.